The van der Waals surface area contributed by atoms with Crippen LogP contribution in [0.4, 0.5) is 8.78 Å². The first kappa shape index (κ1) is 15.8. The van der Waals surface area contributed by atoms with Gasteiger partial charge in [-0.05, 0) is 24.6 Å². The van der Waals surface area contributed by atoms with Crippen LogP contribution in [0.5, 0.6) is 11.5 Å². The maximum absolute atomic E-state index is 13.4. The minimum Gasteiger partial charge on any atom is -0.486 e. The lowest BCUT2D eigenvalue weighted by Gasteiger charge is -2.19. The average Bonchev–Trinajstić information content (AvgIpc) is 2.90. The van der Waals surface area contributed by atoms with Crippen LogP contribution in [0, 0.1) is 18.6 Å². The van der Waals surface area contributed by atoms with E-state index in [0.29, 0.717) is 36.1 Å². The number of halogens is 2. The standard InChI is InChI=1S/C18H16F2N2O3/c1-10-21-14-7-17-18(25-5-4-24-17)8-15(14)22(10)9-16(23)11-2-3-12(19)13(20)6-11/h2-3,6-8,16,23H,4-5,9H2,1H3/t16-/m1/s1. The highest BCUT2D eigenvalue weighted by molar-refractivity contribution is 5.80. The Balaban J connectivity index is 1.70. The van der Waals surface area contributed by atoms with Crippen molar-refractivity contribution < 1.29 is 23.4 Å². The van der Waals surface area contributed by atoms with E-state index in [1.54, 1.807) is 6.07 Å². The van der Waals surface area contributed by atoms with Crippen molar-refractivity contribution in [2.45, 2.75) is 19.6 Å². The summed E-state index contributed by atoms with van der Waals surface area (Å²) in [5, 5.41) is 10.4. The second-order valence-electron chi connectivity index (χ2n) is 5.94. The molecule has 1 aliphatic rings. The van der Waals surface area contributed by atoms with Crippen LogP contribution in [-0.2, 0) is 6.54 Å². The molecular formula is C18H16F2N2O3. The molecule has 5 nitrogen and oxygen atoms in total. The SMILES string of the molecule is Cc1nc2cc3c(cc2n1C[C@@H](O)c1ccc(F)c(F)c1)OCCO3. The number of aryl methyl sites for hydroxylation is 1. The van der Waals surface area contributed by atoms with Gasteiger partial charge in [-0.2, -0.15) is 0 Å². The van der Waals surface area contributed by atoms with Crippen LogP contribution in [0.2, 0.25) is 0 Å². The number of hydrogen-bond donors (Lipinski definition) is 1. The fourth-order valence-electron chi connectivity index (χ4n) is 3.01. The van der Waals surface area contributed by atoms with E-state index in [-0.39, 0.29) is 6.54 Å². The number of benzene rings is 2. The third kappa shape index (κ3) is 2.80. The Labute approximate surface area is 142 Å². The molecule has 1 aliphatic heterocycles. The van der Waals surface area contributed by atoms with Crippen LogP contribution < -0.4 is 9.47 Å². The molecule has 0 amide bonds. The Morgan fingerprint density at radius 2 is 1.84 bits per heavy atom. The molecular weight excluding hydrogens is 330 g/mol. The van der Waals surface area contributed by atoms with E-state index in [1.165, 1.54) is 6.07 Å². The topological polar surface area (TPSA) is 56.5 Å². The second-order valence-corrected chi connectivity index (χ2v) is 5.94. The zero-order valence-electron chi connectivity index (χ0n) is 13.5. The lowest BCUT2D eigenvalue weighted by atomic mass is 10.1. The maximum atomic E-state index is 13.4. The molecule has 0 unspecified atom stereocenters. The van der Waals surface area contributed by atoms with Gasteiger partial charge in [-0.15, -0.1) is 0 Å². The van der Waals surface area contributed by atoms with E-state index in [1.807, 2.05) is 17.6 Å². The fraction of sp³-hybridized carbons (Fsp3) is 0.278. The number of aliphatic hydroxyl groups excluding tert-OH is 1. The molecule has 2 heterocycles. The van der Waals surface area contributed by atoms with Gasteiger partial charge in [0.05, 0.1) is 23.7 Å². The minimum absolute atomic E-state index is 0.160. The zero-order chi connectivity index (χ0) is 17.6. The number of rotatable bonds is 3. The Hall–Kier alpha value is -2.67. The minimum atomic E-state index is -1.00. The molecule has 0 fully saturated rings. The summed E-state index contributed by atoms with van der Waals surface area (Å²) in [6, 6.07) is 7.01. The van der Waals surface area contributed by atoms with Gasteiger partial charge in [0.15, 0.2) is 23.1 Å². The molecule has 130 valence electrons. The van der Waals surface area contributed by atoms with Gasteiger partial charge < -0.3 is 19.1 Å². The quantitative estimate of drug-likeness (QED) is 0.792. The number of aromatic nitrogens is 2. The number of fused-ring (bicyclic) bond motifs is 2. The Morgan fingerprint density at radius 3 is 2.56 bits per heavy atom. The van der Waals surface area contributed by atoms with E-state index >= 15 is 0 Å². The number of nitrogens with zero attached hydrogens (tertiary/aromatic N) is 2. The van der Waals surface area contributed by atoms with Crippen LogP contribution >= 0.6 is 0 Å². The van der Waals surface area contributed by atoms with Crippen molar-refractivity contribution in [3.8, 4) is 11.5 Å². The summed E-state index contributed by atoms with van der Waals surface area (Å²) >= 11 is 0. The highest BCUT2D eigenvalue weighted by Gasteiger charge is 2.19. The van der Waals surface area contributed by atoms with Gasteiger partial charge in [-0.3, -0.25) is 0 Å². The number of imidazole rings is 1. The summed E-state index contributed by atoms with van der Waals surface area (Å²) in [5.74, 6) is 0.0399. The lowest BCUT2D eigenvalue weighted by Crippen LogP contribution is -2.15. The largest absolute Gasteiger partial charge is 0.486 e. The van der Waals surface area contributed by atoms with Gasteiger partial charge in [0, 0.05) is 12.1 Å². The molecule has 0 radical (unpaired) electrons. The third-order valence-electron chi connectivity index (χ3n) is 4.29. The maximum Gasteiger partial charge on any atom is 0.163 e. The fourth-order valence-corrected chi connectivity index (χ4v) is 3.01. The zero-order valence-corrected chi connectivity index (χ0v) is 13.5. The van der Waals surface area contributed by atoms with E-state index in [2.05, 4.69) is 4.98 Å². The van der Waals surface area contributed by atoms with Crippen molar-refractivity contribution in [2.75, 3.05) is 13.2 Å². The Bertz CT molecular complexity index is 955. The van der Waals surface area contributed by atoms with Crippen molar-refractivity contribution in [3.63, 3.8) is 0 Å². The van der Waals surface area contributed by atoms with E-state index in [4.69, 9.17) is 9.47 Å². The van der Waals surface area contributed by atoms with Crippen LogP contribution in [0.1, 0.15) is 17.5 Å². The molecule has 0 bridgehead atoms. The molecule has 2 aromatic carbocycles. The summed E-state index contributed by atoms with van der Waals surface area (Å²) in [6.07, 6.45) is -1.00. The molecule has 0 saturated heterocycles. The smallest absolute Gasteiger partial charge is 0.163 e. The van der Waals surface area contributed by atoms with Crippen molar-refractivity contribution in [2.24, 2.45) is 0 Å². The van der Waals surface area contributed by atoms with Crippen molar-refractivity contribution in [3.05, 3.63) is 53.4 Å². The molecule has 1 N–H and O–H groups in total. The monoisotopic (exact) mass is 346 g/mol. The van der Waals surface area contributed by atoms with Crippen molar-refractivity contribution in [1.82, 2.24) is 9.55 Å². The number of hydrogen-bond acceptors (Lipinski definition) is 4. The Morgan fingerprint density at radius 1 is 1.12 bits per heavy atom. The molecule has 0 spiro atoms. The highest BCUT2D eigenvalue weighted by atomic mass is 19.2. The van der Waals surface area contributed by atoms with Gasteiger partial charge >= 0.3 is 0 Å². The van der Waals surface area contributed by atoms with Gasteiger partial charge in [0.2, 0.25) is 0 Å². The molecule has 3 aromatic rings. The molecule has 0 aliphatic carbocycles. The summed E-state index contributed by atoms with van der Waals surface area (Å²) < 4.78 is 39.4. The molecule has 4 rings (SSSR count). The van der Waals surface area contributed by atoms with Crippen molar-refractivity contribution in [1.29, 1.82) is 0 Å². The first-order valence-electron chi connectivity index (χ1n) is 7.92. The van der Waals surface area contributed by atoms with Crippen LogP contribution in [-0.4, -0.2) is 27.9 Å². The van der Waals surface area contributed by atoms with Gasteiger partial charge in [-0.1, -0.05) is 6.07 Å². The molecule has 7 heteroatoms. The van der Waals surface area contributed by atoms with E-state index < -0.39 is 17.7 Å². The summed E-state index contributed by atoms with van der Waals surface area (Å²) in [7, 11) is 0. The number of aliphatic hydroxyl groups is 1. The summed E-state index contributed by atoms with van der Waals surface area (Å²) in [5.41, 5.74) is 1.81. The highest BCUT2D eigenvalue weighted by Crippen LogP contribution is 2.35. The normalized spacial score (nSPS) is 14.7. The van der Waals surface area contributed by atoms with Gasteiger partial charge in [0.1, 0.15) is 19.0 Å². The lowest BCUT2D eigenvalue weighted by molar-refractivity contribution is 0.156. The molecule has 1 aromatic heterocycles. The van der Waals surface area contributed by atoms with Crippen LogP contribution in [0.3, 0.4) is 0 Å². The van der Waals surface area contributed by atoms with Crippen molar-refractivity contribution >= 4 is 11.0 Å². The molecule has 0 saturated carbocycles. The van der Waals surface area contributed by atoms with Crippen LogP contribution in [0.15, 0.2) is 30.3 Å². The van der Waals surface area contributed by atoms with E-state index in [0.717, 1.165) is 23.2 Å². The predicted octanol–water partition coefficient (Wildman–Crippen LogP) is 3.13. The first-order chi connectivity index (χ1) is 12.0. The first-order valence-corrected chi connectivity index (χ1v) is 7.92. The average molecular weight is 346 g/mol. The van der Waals surface area contributed by atoms with E-state index in [9.17, 15) is 13.9 Å². The van der Waals surface area contributed by atoms with Gasteiger partial charge in [-0.25, -0.2) is 13.8 Å². The van der Waals surface area contributed by atoms with Gasteiger partial charge in [0.25, 0.3) is 0 Å². The number of ether oxygens (including phenoxy) is 2. The summed E-state index contributed by atoms with van der Waals surface area (Å²) in [6.45, 7) is 2.95. The summed E-state index contributed by atoms with van der Waals surface area (Å²) in [4.78, 5) is 4.48. The Kier molecular flexibility index (Phi) is 3.80. The third-order valence-corrected chi connectivity index (χ3v) is 4.29. The second kappa shape index (κ2) is 6.00. The predicted molar refractivity (Wildman–Crippen MR) is 86.8 cm³/mol. The molecule has 25 heavy (non-hydrogen) atoms. The van der Waals surface area contributed by atoms with Crippen LogP contribution in [0.25, 0.3) is 11.0 Å². The molecule has 1 atom stereocenters.